The van der Waals surface area contributed by atoms with Crippen molar-refractivity contribution in [2.45, 2.75) is 6.61 Å². The van der Waals surface area contributed by atoms with Crippen molar-refractivity contribution in [1.29, 1.82) is 0 Å². The Balaban J connectivity index is 1.66. The Morgan fingerprint density at radius 1 is 1.21 bits per heavy atom. The van der Waals surface area contributed by atoms with Crippen LogP contribution in [-0.4, -0.2) is 10.1 Å². The van der Waals surface area contributed by atoms with Crippen molar-refractivity contribution >= 4 is 33.9 Å². The molecule has 0 N–H and O–H groups in total. The van der Waals surface area contributed by atoms with E-state index in [4.69, 9.17) is 9.26 Å². The van der Waals surface area contributed by atoms with Crippen LogP contribution in [0.4, 0.5) is 0 Å². The highest BCUT2D eigenvalue weighted by Gasteiger charge is 2.09. The predicted octanol–water partition coefficient (Wildman–Crippen LogP) is 3.98. The minimum absolute atomic E-state index is 0.276. The van der Waals surface area contributed by atoms with Gasteiger partial charge in [0.1, 0.15) is 5.75 Å². The smallest absolute Gasteiger partial charge is 0.264 e. The van der Waals surface area contributed by atoms with Crippen molar-refractivity contribution in [3.05, 3.63) is 50.6 Å². The van der Waals surface area contributed by atoms with Crippen LogP contribution in [0.2, 0.25) is 0 Å². The minimum Gasteiger partial charge on any atom is -0.484 e. The van der Waals surface area contributed by atoms with E-state index in [1.165, 1.54) is 3.57 Å². The number of thiophene rings is 1. The predicted molar refractivity (Wildman–Crippen MR) is 81.1 cm³/mol. The normalized spacial score (nSPS) is 10.6. The van der Waals surface area contributed by atoms with Gasteiger partial charge in [-0.1, -0.05) is 5.16 Å². The molecule has 1 aromatic carbocycles. The van der Waals surface area contributed by atoms with E-state index in [2.05, 4.69) is 32.7 Å². The highest BCUT2D eigenvalue weighted by molar-refractivity contribution is 14.1. The van der Waals surface area contributed by atoms with Gasteiger partial charge < -0.3 is 9.26 Å². The third-order valence-corrected chi connectivity index (χ3v) is 3.83. The molecule has 96 valence electrons. The lowest BCUT2D eigenvalue weighted by Gasteiger charge is -2.02. The van der Waals surface area contributed by atoms with Gasteiger partial charge in [0, 0.05) is 14.5 Å². The van der Waals surface area contributed by atoms with Crippen LogP contribution in [0.25, 0.3) is 11.4 Å². The lowest BCUT2D eigenvalue weighted by molar-refractivity contribution is 0.243. The monoisotopic (exact) mass is 384 g/mol. The molecule has 0 amide bonds. The Labute approximate surface area is 127 Å². The van der Waals surface area contributed by atoms with Crippen LogP contribution < -0.4 is 4.74 Å². The van der Waals surface area contributed by atoms with Crippen LogP contribution in [0.5, 0.6) is 5.75 Å². The molecule has 0 bridgehead atoms. The van der Waals surface area contributed by atoms with Crippen molar-refractivity contribution in [2.75, 3.05) is 0 Å². The molecule has 6 heteroatoms. The van der Waals surface area contributed by atoms with Gasteiger partial charge in [-0.2, -0.15) is 16.3 Å². The zero-order valence-electron chi connectivity index (χ0n) is 9.75. The molecule has 0 radical (unpaired) electrons. The summed E-state index contributed by atoms with van der Waals surface area (Å²) in [4.78, 5) is 4.29. The van der Waals surface area contributed by atoms with E-state index < -0.39 is 0 Å². The van der Waals surface area contributed by atoms with Crippen molar-refractivity contribution in [2.24, 2.45) is 0 Å². The molecule has 0 saturated carbocycles. The number of nitrogens with zero attached hydrogens (tertiary/aromatic N) is 2. The summed E-state index contributed by atoms with van der Waals surface area (Å²) in [5.74, 6) is 1.86. The second-order valence-electron chi connectivity index (χ2n) is 3.77. The fraction of sp³-hybridized carbons (Fsp3) is 0.0769. The quantitative estimate of drug-likeness (QED) is 0.639. The molecule has 0 spiro atoms. The molecule has 0 fully saturated rings. The molecule has 0 aliphatic heterocycles. The van der Waals surface area contributed by atoms with Crippen molar-refractivity contribution < 1.29 is 9.26 Å². The number of benzene rings is 1. The van der Waals surface area contributed by atoms with Crippen LogP contribution in [0.1, 0.15) is 5.89 Å². The Morgan fingerprint density at radius 3 is 2.79 bits per heavy atom. The van der Waals surface area contributed by atoms with E-state index in [-0.39, 0.29) is 6.61 Å². The fourth-order valence-electron chi connectivity index (χ4n) is 1.50. The first kappa shape index (κ1) is 12.6. The molecular weight excluding hydrogens is 375 g/mol. The molecule has 3 aromatic rings. The molecule has 0 aliphatic carbocycles. The second kappa shape index (κ2) is 5.70. The van der Waals surface area contributed by atoms with Crippen LogP contribution in [0.15, 0.2) is 45.6 Å². The van der Waals surface area contributed by atoms with E-state index >= 15 is 0 Å². The first-order valence-corrected chi connectivity index (χ1v) is 7.57. The zero-order chi connectivity index (χ0) is 13.1. The maximum atomic E-state index is 5.58. The summed E-state index contributed by atoms with van der Waals surface area (Å²) in [6.45, 7) is 0.276. The number of rotatable bonds is 4. The van der Waals surface area contributed by atoms with E-state index in [0.717, 1.165) is 11.3 Å². The Kier molecular flexibility index (Phi) is 3.79. The molecule has 0 unspecified atom stereocenters. The Bertz CT molecular complexity index is 650. The maximum Gasteiger partial charge on any atom is 0.264 e. The van der Waals surface area contributed by atoms with Gasteiger partial charge in [-0.3, -0.25) is 0 Å². The van der Waals surface area contributed by atoms with Gasteiger partial charge in [-0.15, -0.1) is 0 Å². The van der Waals surface area contributed by atoms with Crippen molar-refractivity contribution in [3.63, 3.8) is 0 Å². The van der Waals surface area contributed by atoms with Crippen LogP contribution in [0.3, 0.4) is 0 Å². The summed E-state index contributed by atoms with van der Waals surface area (Å²) < 4.78 is 11.9. The molecule has 0 aliphatic rings. The summed E-state index contributed by atoms with van der Waals surface area (Å²) in [6, 6.07) is 9.76. The van der Waals surface area contributed by atoms with E-state index in [1.54, 1.807) is 11.3 Å². The third kappa shape index (κ3) is 3.13. The van der Waals surface area contributed by atoms with Gasteiger partial charge >= 0.3 is 0 Å². The van der Waals surface area contributed by atoms with Gasteiger partial charge in [0.05, 0.1) is 0 Å². The maximum absolute atomic E-state index is 5.58. The first-order valence-electron chi connectivity index (χ1n) is 5.55. The van der Waals surface area contributed by atoms with Gasteiger partial charge in [0.2, 0.25) is 5.82 Å². The van der Waals surface area contributed by atoms with Crippen LogP contribution >= 0.6 is 33.9 Å². The zero-order valence-corrected chi connectivity index (χ0v) is 12.7. The SMILES string of the molecule is Ic1ccc(OCc2nc(-c3ccsc3)no2)cc1. The van der Waals surface area contributed by atoms with Crippen molar-refractivity contribution in [1.82, 2.24) is 10.1 Å². The van der Waals surface area contributed by atoms with Gasteiger partial charge in [-0.05, 0) is 58.3 Å². The third-order valence-electron chi connectivity index (χ3n) is 2.42. The van der Waals surface area contributed by atoms with Gasteiger partial charge in [0.25, 0.3) is 5.89 Å². The average Bonchev–Trinajstić information content (AvgIpc) is 3.09. The number of aromatic nitrogens is 2. The number of hydrogen-bond acceptors (Lipinski definition) is 5. The lowest BCUT2D eigenvalue weighted by atomic mass is 10.3. The highest BCUT2D eigenvalue weighted by atomic mass is 127. The standard InChI is InChI=1S/C13H9IN2O2S/c14-10-1-3-11(4-2-10)17-7-12-15-13(16-18-12)9-5-6-19-8-9/h1-6,8H,7H2. The summed E-state index contributed by atoms with van der Waals surface area (Å²) in [6.07, 6.45) is 0. The van der Waals surface area contributed by atoms with Crippen LogP contribution in [0, 0.1) is 3.57 Å². The molecule has 4 nitrogen and oxygen atoms in total. The second-order valence-corrected chi connectivity index (χ2v) is 5.79. The van der Waals surface area contributed by atoms with Crippen LogP contribution in [-0.2, 0) is 6.61 Å². The topological polar surface area (TPSA) is 48.2 Å². The minimum atomic E-state index is 0.276. The molecule has 2 aromatic heterocycles. The van der Waals surface area contributed by atoms with Crippen molar-refractivity contribution in [3.8, 4) is 17.1 Å². The van der Waals surface area contributed by atoms with E-state index in [1.807, 2.05) is 41.1 Å². The molecule has 3 rings (SSSR count). The number of ether oxygens (including phenoxy) is 1. The summed E-state index contributed by atoms with van der Waals surface area (Å²) in [5.41, 5.74) is 0.967. The Morgan fingerprint density at radius 2 is 2.05 bits per heavy atom. The molecular formula is C13H9IN2O2S. The highest BCUT2D eigenvalue weighted by Crippen LogP contribution is 2.19. The molecule has 2 heterocycles. The van der Waals surface area contributed by atoms with E-state index in [9.17, 15) is 0 Å². The number of halogens is 1. The van der Waals surface area contributed by atoms with Gasteiger partial charge in [-0.25, -0.2) is 0 Å². The molecule has 0 saturated heterocycles. The molecule has 19 heavy (non-hydrogen) atoms. The average molecular weight is 384 g/mol. The largest absolute Gasteiger partial charge is 0.484 e. The summed E-state index contributed by atoms with van der Waals surface area (Å²) in [5, 5.41) is 7.88. The Hall–Kier alpha value is -1.41. The summed E-state index contributed by atoms with van der Waals surface area (Å²) in [7, 11) is 0. The summed E-state index contributed by atoms with van der Waals surface area (Å²) >= 11 is 3.85. The number of hydrogen-bond donors (Lipinski definition) is 0. The lowest BCUT2D eigenvalue weighted by Crippen LogP contribution is -1.95. The van der Waals surface area contributed by atoms with E-state index in [0.29, 0.717) is 11.7 Å². The molecule has 0 atom stereocenters. The van der Waals surface area contributed by atoms with Gasteiger partial charge in [0.15, 0.2) is 6.61 Å². The first-order chi connectivity index (χ1) is 9.31. The fourth-order valence-corrected chi connectivity index (χ4v) is 2.49.